The largest absolute Gasteiger partial charge is 0.506 e. The molecule has 0 bridgehead atoms. The summed E-state index contributed by atoms with van der Waals surface area (Å²) in [5.74, 6) is 3.65. The van der Waals surface area contributed by atoms with E-state index in [9.17, 15) is 0 Å². The molecule has 0 radical (unpaired) electrons. The molecule has 0 aliphatic carbocycles. The molecule has 0 spiro atoms. The second-order valence-electron chi connectivity index (χ2n) is 3.87. The third-order valence-corrected chi connectivity index (χ3v) is 3.80. The summed E-state index contributed by atoms with van der Waals surface area (Å²) in [6, 6.07) is 3.53. The molecular formula is C11H16N2OS. The second kappa shape index (κ2) is 5.37. The first-order valence-corrected chi connectivity index (χ1v) is 6.42. The lowest BCUT2D eigenvalue weighted by Gasteiger charge is -2.09. The minimum Gasteiger partial charge on any atom is -0.506 e. The third kappa shape index (κ3) is 3.39. The van der Waals surface area contributed by atoms with Crippen molar-refractivity contribution < 1.29 is 5.11 Å². The maximum absolute atomic E-state index is 9.07. The first-order valence-electron chi connectivity index (χ1n) is 5.27. The Balaban J connectivity index is 1.71. The zero-order valence-corrected chi connectivity index (χ0v) is 9.46. The number of aromatic hydroxyl groups is 1. The van der Waals surface area contributed by atoms with Gasteiger partial charge in [0.15, 0.2) is 0 Å². The number of hydrogen-bond donors (Lipinski definition) is 2. The Bertz CT molecular complexity index is 296. The van der Waals surface area contributed by atoms with Gasteiger partial charge >= 0.3 is 0 Å². The molecule has 2 heterocycles. The maximum atomic E-state index is 9.07. The highest BCUT2D eigenvalue weighted by Gasteiger charge is 2.14. The van der Waals surface area contributed by atoms with Gasteiger partial charge in [-0.2, -0.15) is 11.8 Å². The topological polar surface area (TPSA) is 45.1 Å². The van der Waals surface area contributed by atoms with E-state index in [0.717, 1.165) is 24.7 Å². The molecule has 2 rings (SSSR count). The zero-order chi connectivity index (χ0) is 10.5. The van der Waals surface area contributed by atoms with E-state index in [1.54, 1.807) is 6.07 Å². The van der Waals surface area contributed by atoms with E-state index in [-0.39, 0.29) is 5.75 Å². The van der Waals surface area contributed by atoms with Crippen molar-refractivity contribution >= 4 is 11.8 Å². The Morgan fingerprint density at radius 2 is 2.47 bits per heavy atom. The number of pyridine rings is 1. The van der Waals surface area contributed by atoms with Crippen LogP contribution in [-0.4, -0.2) is 28.1 Å². The van der Waals surface area contributed by atoms with Crippen LogP contribution in [0.15, 0.2) is 18.3 Å². The van der Waals surface area contributed by atoms with Gasteiger partial charge in [0.05, 0.1) is 11.9 Å². The summed E-state index contributed by atoms with van der Waals surface area (Å²) in [5.41, 5.74) is 0.985. The molecule has 1 aromatic heterocycles. The highest BCUT2D eigenvalue weighted by molar-refractivity contribution is 7.99. The van der Waals surface area contributed by atoms with Crippen LogP contribution >= 0.6 is 11.8 Å². The predicted octanol–water partition coefficient (Wildman–Crippen LogP) is 1.63. The average molecular weight is 224 g/mol. The molecule has 1 aliphatic rings. The molecular weight excluding hydrogens is 208 g/mol. The van der Waals surface area contributed by atoms with Gasteiger partial charge < -0.3 is 10.4 Å². The summed E-state index contributed by atoms with van der Waals surface area (Å²) in [5, 5.41) is 12.5. The van der Waals surface area contributed by atoms with Crippen molar-refractivity contribution in [1.82, 2.24) is 10.3 Å². The van der Waals surface area contributed by atoms with Gasteiger partial charge in [-0.1, -0.05) is 0 Å². The Morgan fingerprint density at radius 3 is 3.13 bits per heavy atom. The minimum atomic E-state index is 0.228. The fourth-order valence-electron chi connectivity index (χ4n) is 1.67. The van der Waals surface area contributed by atoms with E-state index in [0.29, 0.717) is 0 Å². The van der Waals surface area contributed by atoms with Crippen LogP contribution in [0, 0.1) is 5.92 Å². The van der Waals surface area contributed by atoms with Crippen LogP contribution in [0.25, 0.3) is 0 Å². The van der Waals surface area contributed by atoms with Crippen molar-refractivity contribution in [2.75, 3.05) is 18.1 Å². The van der Waals surface area contributed by atoms with Crippen molar-refractivity contribution in [1.29, 1.82) is 0 Å². The number of thioether (sulfide) groups is 1. The monoisotopic (exact) mass is 224 g/mol. The molecule has 0 amide bonds. The van der Waals surface area contributed by atoms with Crippen LogP contribution in [-0.2, 0) is 6.54 Å². The Kier molecular flexibility index (Phi) is 3.86. The number of rotatable bonds is 4. The van der Waals surface area contributed by atoms with E-state index >= 15 is 0 Å². The van der Waals surface area contributed by atoms with Crippen molar-refractivity contribution in [3.8, 4) is 5.75 Å². The molecule has 0 aromatic carbocycles. The normalized spacial score (nSPS) is 20.7. The van der Waals surface area contributed by atoms with Crippen molar-refractivity contribution in [3.63, 3.8) is 0 Å². The molecule has 1 atom stereocenters. The van der Waals surface area contributed by atoms with Crippen LogP contribution in [0.5, 0.6) is 5.75 Å². The summed E-state index contributed by atoms with van der Waals surface area (Å²) < 4.78 is 0. The van der Waals surface area contributed by atoms with E-state index in [1.165, 1.54) is 24.1 Å². The van der Waals surface area contributed by atoms with Gasteiger partial charge in [0.2, 0.25) is 0 Å². The van der Waals surface area contributed by atoms with Gasteiger partial charge in [0.1, 0.15) is 5.75 Å². The van der Waals surface area contributed by atoms with Gasteiger partial charge in [-0.15, -0.1) is 0 Å². The summed E-state index contributed by atoms with van der Waals surface area (Å²) in [6.07, 6.45) is 2.82. The summed E-state index contributed by atoms with van der Waals surface area (Å²) in [6.45, 7) is 1.87. The highest BCUT2D eigenvalue weighted by atomic mass is 32.2. The SMILES string of the molecule is Oc1ccc(CNCC2CCSC2)nc1. The molecule has 0 saturated carbocycles. The summed E-state index contributed by atoms with van der Waals surface area (Å²) in [7, 11) is 0. The summed E-state index contributed by atoms with van der Waals surface area (Å²) >= 11 is 2.04. The molecule has 3 nitrogen and oxygen atoms in total. The molecule has 1 fully saturated rings. The summed E-state index contributed by atoms with van der Waals surface area (Å²) in [4.78, 5) is 4.12. The Labute approximate surface area is 94.3 Å². The molecule has 1 aromatic rings. The molecule has 1 saturated heterocycles. The van der Waals surface area contributed by atoms with Crippen LogP contribution in [0.2, 0.25) is 0 Å². The van der Waals surface area contributed by atoms with Gasteiger partial charge in [0, 0.05) is 6.54 Å². The quantitative estimate of drug-likeness (QED) is 0.816. The van der Waals surface area contributed by atoms with E-state index < -0.39 is 0 Å². The van der Waals surface area contributed by atoms with Crippen molar-refractivity contribution in [2.24, 2.45) is 5.92 Å². The first kappa shape index (κ1) is 10.8. The molecule has 82 valence electrons. The first-order chi connectivity index (χ1) is 7.34. The lowest BCUT2D eigenvalue weighted by molar-refractivity contribution is 0.471. The van der Waals surface area contributed by atoms with Crippen LogP contribution in [0.3, 0.4) is 0 Å². The second-order valence-corrected chi connectivity index (χ2v) is 5.02. The number of aromatic nitrogens is 1. The van der Waals surface area contributed by atoms with Gasteiger partial charge in [-0.05, 0) is 42.5 Å². The van der Waals surface area contributed by atoms with Crippen LogP contribution < -0.4 is 5.32 Å². The number of nitrogens with zero attached hydrogens (tertiary/aromatic N) is 1. The highest BCUT2D eigenvalue weighted by Crippen LogP contribution is 2.22. The number of hydrogen-bond acceptors (Lipinski definition) is 4. The minimum absolute atomic E-state index is 0.228. The molecule has 15 heavy (non-hydrogen) atoms. The van der Waals surface area contributed by atoms with Crippen molar-refractivity contribution in [3.05, 3.63) is 24.0 Å². The third-order valence-electron chi connectivity index (χ3n) is 2.57. The van der Waals surface area contributed by atoms with Gasteiger partial charge in [0.25, 0.3) is 0 Å². The zero-order valence-electron chi connectivity index (χ0n) is 8.65. The molecule has 4 heteroatoms. The molecule has 1 unspecified atom stereocenters. The fraction of sp³-hybridized carbons (Fsp3) is 0.545. The molecule has 2 N–H and O–H groups in total. The maximum Gasteiger partial charge on any atom is 0.133 e. The van der Waals surface area contributed by atoms with Crippen molar-refractivity contribution in [2.45, 2.75) is 13.0 Å². The number of nitrogens with one attached hydrogen (secondary N) is 1. The van der Waals surface area contributed by atoms with Crippen LogP contribution in [0.1, 0.15) is 12.1 Å². The lowest BCUT2D eigenvalue weighted by Crippen LogP contribution is -2.22. The molecule has 1 aliphatic heterocycles. The standard InChI is InChI=1S/C11H16N2OS/c14-11-2-1-10(13-7-11)6-12-5-9-3-4-15-8-9/h1-2,7,9,12,14H,3-6,8H2. The average Bonchev–Trinajstić information content (AvgIpc) is 2.74. The van der Waals surface area contributed by atoms with Crippen LogP contribution in [0.4, 0.5) is 0 Å². The Morgan fingerprint density at radius 1 is 1.53 bits per heavy atom. The van der Waals surface area contributed by atoms with E-state index in [2.05, 4.69) is 10.3 Å². The van der Waals surface area contributed by atoms with E-state index in [4.69, 9.17) is 5.11 Å². The van der Waals surface area contributed by atoms with Gasteiger partial charge in [-0.3, -0.25) is 4.98 Å². The predicted molar refractivity (Wildman–Crippen MR) is 63.0 cm³/mol. The Hall–Kier alpha value is -0.740. The smallest absolute Gasteiger partial charge is 0.133 e. The van der Waals surface area contributed by atoms with Gasteiger partial charge in [-0.25, -0.2) is 0 Å². The lowest BCUT2D eigenvalue weighted by atomic mass is 10.1. The fourth-order valence-corrected chi connectivity index (χ4v) is 2.95. The van der Waals surface area contributed by atoms with E-state index in [1.807, 2.05) is 17.8 Å².